The van der Waals surface area contributed by atoms with Crippen LogP contribution in [0.1, 0.15) is 124 Å². The second-order valence-electron chi connectivity index (χ2n) is 9.94. The molecule has 0 aliphatic carbocycles. The maximum absolute atomic E-state index is 5.88. The Morgan fingerprint density at radius 3 is 2.06 bits per heavy atom. The normalized spacial score (nSPS) is 18.0. The SMILES string of the molecule is CCCCC/[C](=C\C/C=C\CCOC1CCCCO1)[Sn]([CH2]CCC)([CH2]CCC)[CH2]CCC. The van der Waals surface area contributed by atoms with E-state index in [1.54, 1.807) is 13.3 Å². The maximum atomic E-state index is 5.88. The first-order valence-electron chi connectivity index (χ1n) is 14.3. The quantitative estimate of drug-likeness (QED) is 0.0846. The van der Waals surface area contributed by atoms with Crippen LogP contribution in [0.5, 0.6) is 0 Å². The van der Waals surface area contributed by atoms with Crippen LogP contribution < -0.4 is 0 Å². The summed E-state index contributed by atoms with van der Waals surface area (Å²) in [5.41, 5.74) is 0. The Labute approximate surface area is 205 Å². The number of hydrogen-bond acceptors (Lipinski definition) is 2. The molecular weight excluding hydrogens is 499 g/mol. The Bertz CT molecular complexity index is 458. The van der Waals surface area contributed by atoms with E-state index in [2.05, 4.69) is 45.9 Å². The van der Waals surface area contributed by atoms with Crippen LogP contribution in [-0.2, 0) is 9.47 Å². The van der Waals surface area contributed by atoms with Crippen molar-refractivity contribution in [2.24, 2.45) is 0 Å². The van der Waals surface area contributed by atoms with Gasteiger partial charge in [-0.25, -0.2) is 0 Å². The van der Waals surface area contributed by atoms with Crippen LogP contribution in [0.2, 0.25) is 13.3 Å². The zero-order valence-electron chi connectivity index (χ0n) is 22.3. The van der Waals surface area contributed by atoms with E-state index in [-0.39, 0.29) is 6.29 Å². The van der Waals surface area contributed by atoms with Crippen LogP contribution in [0.4, 0.5) is 0 Å². The van der Waals surface area contributed by atoms with Crippen molar-refractivity contribution in [3.05, 3.63) is 21.8 Å². The monoisotopic (exact) mass is 556 g/mol. The average Bonchev–Trinajstić information content (AvgIpc) is 2.83. The predicted molar refractivity (Wildman–Crippen MR) is 145 cm³/mol. The molecule has 0 radical (unpaired) electrons. The molecule has 3 heteroatoms. The number of allylic oxidation sites excluding steroid dienone is 3. The third kappa shape index (κ3) is 13.2. The van der Waals surface area contributed by atoms with Gasteiger partial charge in [-0.3, -0.25) is 0 Å². The second-order valence-corrected chi connectivity index (χ2v) is 23.4. The first-order chi connectivity index (χ1) is 15.7. The molecule has 32 heavy (non-hydrogen) atoms. The summed E-state index contributed by atoms with van der Waals surface area (Å²) in [5.74, 6) is 0. The van der Waals surface area contributed by atoms with E-state index in [1.807, 2.05) is 3.59 Å². The van der Waals surface area contributed by atoms with E-state index < -0.39 is 18.4 Å². The molecule has 0 aromatic rings. The Balaban J connectivity index is 2.75. The van der Waals surface area contributed by atoms with Crippen molar-refractivity contribution in [3.63, 3.8) is 0 Å². The van der Waals surface area contributed by atoms with Crippen LogP contribution in [0.3, 0.4) is 0 Å². The summed E-state index contributed by atoms with van der Waals surface area (Å²) < 4.78 is 18.4. The summed E-state index contributed by atoms with van der Waals surface area (Å²) in [5, 5.41) is 0. The molecule has 0 N–H and O–H groups in total. The van der Waals surface area contributed by atoms with Gasteiger partial charge in [0.15, 0.2) is 0 Å². The summed E-state index contributed by atoms with van der Waals surface area (Å²) >= 11 is -2.27. The van der Waals surface area contributed by atoms with E-state index in [0.717, 1.165) is 32.5 Å². The van der Waals surface area contributed by atoms with Gasteiger partial charge >= 0.3 is 206 Å². The molecule has 188 valence electrons. The molecule has 1 fully saturated rings. The van der Waals surface area contributed by atoms with Crippen LogP contribution in [0.25, 0.3) is 0 Å². The van der Waals surface area contributed by atoms with Gasteiger partial charge in [0, 0.05) is 0 Å². The van der Waals surface area contributed by atoms with Gasteiger partial charge in [0.05, 0.1) is 0 Å². The number of rotatable bonds is 20. The van der Waals surface area contributed by atoms with E-state index in [9.17, 15) is 0 Å². The number of unbranched alkanes of at least 4 members (excludes halogenated alkanes) is 5. The molecule has 0 aromatic carbocycles. The van der Waals surface area contributed by atoms with Gasteiger partial charge in [-0.15, -0.1) is 0 Å². The zero-order valence-corrected chi connectivity index (χ0v) is 25.1. The third-order valence-electron chi connectivity index (χ3n) is 7.15. The topological polar surface area (TPSA) is 18.5 Å². The van der Waals surface area contributed by atoms with Gasteiger partial charge in [-0.2, -0.15) is 0 Å². The van der Waals surface area contributed by atoms with Crippen LogP contribution in [0.15, 0.2) is 21.8 Å². The van der Waals surface area contributed by atoms with Crippen molar-refractivity contribution in [2.75, 3.05) is 13.2 Å². The van der Waals surface area contributed by atoms with Crippen molar-refractivity contribution in [1.29, 1.82) is 0 Å². The Morgan fingerprint density at radius 2 is 1.50 bits per heavy atom. The molecule has 0 bridgehead atoms. The second kappa shape index (κ2) is 20.6. The van der Waals surface area contributed by atoms with Crippen molar-refractivity contribution in [2.45, 2.75) is 144 Å². The van der Waals surface area contributed by atoms with Crippen LogP contribution >= 0.6 is 0 Å². The summed E-state index contributed by atoms with van der Waals surface area (Å²) in [6.45, 7) is 11.2. The van der Waals surface area contributed by atoms with E-state index in [1.165, 1.54) is 77.0 Å². The summed E-state index contributed by atoms with van der Waals surface area (Å²) in [7, 11) is 0. The first kappa shape index (κ1) is 30.2. The standard InChI is InChI=1S/C17H29O2.3C4H9.Sn/c1-2-3-4-5-6-7-8-9-10-12-15-18-17-14-11-13-16-19-17;3*1-3-4-2;/h7,9-10,17H,2-5,8,11-16H2,1H3;3*1,3-4H2,2H3;/b7-6?,10-9-;;;;. The van der Waals surface area contributed by atoms with Gasteiger partial charge in [0.1, 0.15) is 0 Å². The molecule has 0 spiro atoms. The fourth-order valence-corrected chi connectivity index (χ4v) is 22.4. The molecule has 1 aliphatic heterocycles. The Morgan fingerprint density at radius 1 is 0.844 bits per heavy atom. The minimum atomic E-state index is -2.27. The van der Waals surface area contributed by atoms with Gasteiger partial charge < -0.3 is 0 Å². The molecule has 1 unspecified atom stereocenters. The third-order valence-corrected chi connectivity index (χ3v) is 23.6. The van der Waals surface area contributed by atoms with Gasteiger partial charge in [-0.1, -0.05) is 0 Å². The van der Waals surface area contributed by atoms with Gasteiger partial charge in [0.2, 0.25) is 0 Å². The average molecular weight is 555 g/mol. The van der Waals surface area contributed by atoms with Gasteiger partial charge in [-0.05, 0) is 0 Å². The molecular formula is C29H56O2Sn. The molecule has 2 nitrogen and oxygen atoms in total. The summed E-state index contributed by atoms with van der Waals surface area (Å²) in [4.78, 5) is 0. The van der Waals surface area contributed by atoms with Crippen molar-refractivity contribution in [3.8, 4) is 0 Å². The fourth-order valence-electron chi connectivity index (χ4n) is 5.09. The number of ether oxygens (including phenoxy) is 2. The predicted octanol–water partition coefficient (Wildman–Crippen LogP) is 9.76. The molecule has 1 rings (SSSR count). The molecule has 1 atom stereocenters. The molecule has 1 saturated heterocycles. The van der Waals surface area contributed by atoms with Gasteiger partial charge in [0.25, 0.3) is 0 Å². The van der Waals surface area contributed by atoms with E-state index in [4.69, 9.17) is 9.47 Å². The molecule has 0 aromatic heterocycles. The zero-order chi connectivity index (χ0) is 23.3. The summed E-state index contributed by atoms with van der Waals surface area (Å²) in [6, 6.07) is 0. The van der Waals surface area contributed by atoms with Crippen molar-refractivity contribution < 1.29 is 9.47 Å². The van der Waals surface area contributed by atoms with E-state index in [0.29, 0.717) is 0 Å². The van der Waals surface area contributed by atoms with E-state index >= 15 is 0 Å². The minimum absolute atomic E-state index is 0.0487. The molecule has 1 aliphatic rings. The molecule has 0 saturated carbocycles. The number of hydrogen-bond donors (Lipinski definition) is 0. The molecule has 1 heterocycles. The molecule has 0 amide bonds. The Kier molecular flexibility index (Phi) is 19.4. The van der Waals surface area contributed by atoms with Crippen molar-refractivity contribution >= 4 is 18.4 Å². The fraction of sp³-hybridized carbons (Fsp3) is 0.862. The first-order valence-corrected chi connectivity index (χ1v) is 21.8. The van der Waals surface area contributed by atoms with Crippen LogP contribution in [-0.4, -0.2) is 37.9 Å². The van der Waals surface area contributed by atoms with Crippen LogP contribution in [0, 0.1) is 0 Å². The van der Waals surface area contributed by atoms with Crippen molar-refractivity contribution in [1.82, 2.24) is 0 Å². The Hall–Kier alpha value is 0.199. The summed E-state index contributed by atoms with van der Waals surface area (Å²) in [6.07, 6.45) is 27.2.